The number of carbonyl (C=O) groups excluding carboxylic acids is 3. The quantitative estimate of drug-likeness (QED) is 0.453. The van der Waals surface area contributed by atoms with Gasteiger partial charge in [-0.2, -0.15) is 11.8 Å². The van der Waals surface area contributed by atoms with Gasteiger partial charge in [0.25, 0.3) is 5.91 Å². The lowest BCUT2D eigenvalue weighted by molar-refractivity contribution is -0.119. The van der Waals surface area contributed by atoms with Crippen molar-refractivity contribution in [3.05, 3.63) is 101 Å². The van der Waals surface area contributed by atoms with Crippen molar-refractivity contribution in [2.24, 2.45) is 0 Å². The van der Waals surface area contributed by atoms with E-state index in [1.807, 2.05) is 48.5 Å². The Balaban J connectivity index is 1.51. The summed E-state index contributed by atoms with van der Waals surface area (Å²) in [5, 5.41) is 2.90. The highest BCUT2D eigenvalue weighted by Crippen LogP contribution is 2.27. The summed E-state index contributed by atoms with van der Waals surface area (Å²) in [6, 6.07) is 23.4. The Labute approximate surface area is 203 Å². The monoisotopic (exact) mass is 474 g/mol. The third-order valence-corrected chi connectivity index (χ3v) is 6.65. The Morgan fingerprint density at radius 1 is 1.03 bits per heavy atom. The van der Waals surface area contributed by atoms with Crippen LogP contribution >= 0.6 is 11.8 Å². The van der Waals surface area contributed by atoms with Crippen molar-refractivity contribution in [1.82, 2.24) is 4.90 Å². The van der Waals surface area contributed by atoms with Gasteiger partial charge in [-0.25, -0.2) is 4.79 Å². The molecule has 174 valence electrons. The van der Waals surface area contributed by atoms with Crippen LogP contribution in [0.1, 0.15) is 38.8 Å². The van der Waals surface area contributed by atoms with E-state index in [9.17, 15) is 14.4 Å². The standard InChI is InChI=1S/C27H26N2O4S/c1-2-33-27(32)20-12-8-13-22(15-20)28-25(30)24(18-34-17-19-9-4-3-5-10-19)29-16-21-11-6-7-14-23(21)26(29)31/h3-15,24H,2,16-18H2,1H3,(H,28,30). The highest BCUT2D eigenvalue weighted by Gasteiger charge is 2.36. The number of amides is 2. The predicted molar refractivity (Wildman–Crippen MR) is 134 cm³/mol. The van der Waals surface area contributed by atoms with Crippen molar-refractivity contribution in [3.8, 4) is 0 Å². The molecular weight excluding hydrogens is 448 g/mol. The van der Waals surface area contributed by atoms with E-state index in [0.29, 0.717) is 29.1 Å². The maximum Gasteiger partial charge on any atom is 0.338 e. The number of nitrogens with one attached hydrogen (secondary N) is 1. The van der Waals surface area contributed by atoms with Crippen LogP contribution in [0, 0.1) is 0 Å². The van der Waals surface area contributed by atoms with Crippen LogP contribution in [0.2, 0.25) is 0 Å². The number of hydrogen-bond acceptors (Lipinski definition) is 5. The minimum absolute atomic E-state index is 0.142. The Morgan fingerprint density at radius 2 is 1.79 bits per heavy atom. The second kappa shape index (κ2) is 11.0. The fourth-order valence-corrected chi connectivity index (χ4v) is 4.96. The molecule has 0 radical (unpaired) electrons. The summed E-state index contributed by atoms with van der Waals surface area (Å²) in [6.07, 6.45) is 0. The largest absolute Gasteiger partial charge is 0.462 e. The zero-order chi connectivity index (χ0) is 23.9. The molecule has 4 rings (SSSR count). The van der Waals surface area contributed by atoms with Crippen molar-refractivity contribution in [1.29, 1.82) is 0 Å². The van der Waals surface area contributed by atoms with Crippen LogP contribution in [0.4, 0.5) is 5.69 Å². The maximum absolute atomic E-state index is 13.4. The normalized spacial score (nSPS) is 13.3. The molecule has 1 heterocycles. The van der Waals surface area contributed by atoms with Gasteiger partial charge in [0.05, 0.1) is 12.2 Å². The number of nitrogens with zero attached hydrogens (tertiary/aromatic N) is 1. The van der Waals surface area contributed by atoms with Gasteiger partial charge in [-0.1, -0.05) is 54.6 Å². The Hall–Kier alpha value is -3.58. The summed E-state index contributed by atoms with van der Waals surface area (Å²) in [5.41, 5.74) is 3.56. The number of rotatable bonds is 9. The van der Waals surface area contributed by atoms with Gasteiger partial charge in [0.15, 0.2) is 0 Å². The van der Waals surface area contributed by atoms with Crippen molar-refractivity contribution in [3.63, 3.8) is 0 Å². The SMILES string of the molecule is CCOC(=O)c1cccc(NC(=O)C(CSCc2ccccc2)N2Cc3ccccc3C2=O)c1. The molecule has 1 unspecified atom stereocenters. The van der Waals surface area contributed by atoms with Gasteiger partial charge in [0, 0.05) is 29.3 Å². The molecule has 1 aliphatic rings. The first-order chi connectivity index (χ1) is 16.6. The smallest absolute Gasteiger partial charge is 0.338 e. The van der Waals surface area contributed by atoms with E-state index in [4.69, 9.17) is 4.74 Å². The van der Waals surface area contributed by atoms with Crippen LogP contribution in [0.3, 0.4) is 0 Å². The number of benzene rings is 3. The predicted octanol–water partition coefficient (Wildman–Crippen LogP) is 4.76. The third kappa shape index (κ3) is 5.48. The van der Waals surface area contributed by atoms with Crippen molar-refractivity contribution >= 4 is 35.2 Å². The summed E-state index contributed by atoms with van der Waals surface area (Å²) < 4.78 is 5.05. The van der Waals surface area contributed by atoms with Crippen LogP contribution < -0.4 is 5.32 Å². The lowest BCUT2D eigenvalue weighted by Gasteiger charge is -2.27. The van der Waals surface area contributed by atoms with E-state index in [-0.39, 0.29) is 18.4 Å². The topological polar surface area (TPSA) is 75.7 Å². The van der Waals surface area contributed by atoms with Crippen LogP contribution in [-0.2, 0) is 21.8 Å². The maximum atomic E-state index is 13.4. The molecule has 1 atom stereocenters. The molecule has 1 N–H and O–H groups in total. The zero-order valence-corrected chi connectivity index (χ0v) is 19.7. The number of anilines is 1. The molecule has 3 aromatic carbocycles. The Morgan fingerprint density at radius 3 is 2.56 bits per heavy atom. The molecule has 3 aromatic rings. The average molecular weight is 475 g/mol. The van der Waals surface area contributed by atoms with Crippen LogP contribution in [0.5, 0.6) is 0 Å². The van der Waals surface area contributed by atoms with E-state index < -0.39 is 12.0 Å². The van der Waals surface area contributed by atoms with Gasteiger partial charge in [-0.05, 0) is 42.3 Å². The number of esters is 1. The van der Waals surface area contributed by atoms with Gasteiger partial charge in [-0.3, -0.25) is 9.59 Å². The van der Waals surface area contributed by atoms with E-state index in [0.717, 1.165) is 16.9 Å². The lowest BCUT2D eigenvalue weighted by atomic mass is 10.1. The highest BCUT2D eigenvalue weighted by molar-refractivity contribution is 7.98. The molecule has 1 aliphatic heterocycles. The molecule has 0 fully saturated rings. The molecule has 0 spiro atoms. The van der Waals surface area contributed by atoms with Gasteiger partial charge < -0.3 is 15.0 Å². The average Bonchev–Trinajstić information content (AvgIpc) is 3.19. The molecule has 7 heteroatoms. The van der Waals surface area contributed by atoms with E-state index in [1.165, 1.54) is 0 Å². The van der Waals surface area contributed by atoms with Crippen LogP contribution in [0.15, 0.2) is 78.9 Å². The Kier molecular flexibility index (Phi) is 7.65. The molecular formula is C27H26N2O4S. The number of carbonyl (C=O) groups is 3. The van der Waals surface area contributed by atoms with Crippen molar-refractivity contribution in [2.75, 3.05) is 17.7 Å². The summed E-state index contributed by atoms with van der Waals surface area (Å²) in [5.74, 6) is 0.300. The van der Waals surface area contributed by atoms with Gasteiger partial charge in [-0.15, -0.1) is 0 Å². The minimum atomic E-state index is -0.667. The zero-order valence-electron chi connectivity index (χ0n) is 18.9. The number of thioether (sulfide) groups is 1. The van der Waals surface area contributed by atoms with Gasteiger partial charge in [0.1, 0.15) is 6.04 Å². The molecule has 0 aliphatic carbocycles. The summed E-state index contributed by atoms with van der Waals surface area (Å²) in [7, 11) is 0. The lowest BCUT2D eigenvalue weighted by Crippen LogP contribution is -2.46. The fourth-order valence-electron chi connectivity index (χ4n) is 3.86. The summed E-state index contributed by atoms with van der Waals surface area (Å²) in [4.78, 5) is 40.2. The minimum Gasteiger partial charge on any atom is -0.462 e. The molecule has 0 aromatic heterocycles. The number of ether oxygens (including phenoxy) is 1. The number of hydrogen-bond donors (Lipinski definition) is 1. The third-order valence-electron chi connectivity index (χ3n) is 5.56. The second-order valence-corrected chi connectivity index (χ2v) is 8.93. The second-order valence-electron chi connectivity index (χ2n) is 7.90. The Bertz CT molecular complexity index is 1180. The van der Waals surface area contributed by atoms with Crippen LogP contribution in [-0.4, -0.2) is 41.1 Å². The van der Waals surface area contributed by atoms with E-state index >= 15 is 0 Å². The molecule has 0 saturated heterocycles. The molecule has 0 saturated carbocycles. The molecule has 0 bridgehead atoms. The fraction of sp³-hybridized carbons (Fsp3) is 0.222. The van der Waals surface area contributed by atoms with Gasteiger partial charge >= 0.3 is 5.97 Å². The van der Waals surface area contributed by atoms with E-state index in [1.54, 1.807) is 53.9 Å². The van der Waals surface area contributed by atoms with Crippen molar-refractivity contribution in [2.45, 2.75) is 25.3 Å². The molecule has 6 nitrogen and oxygen atoms in total. The van der Waals surface area contributed by atoms with Gasteiger partial charge in [0.2, 0.25) is 5.91 Å². The van der Waals surface area contributed by atoms with Crippen LogP contribution in [0.25, 0.3) is 0 Å². The first-order valence-corrected chi connectivity index (χ1v) is 12.3. The number of fused-ring (bicyclic) bond motifs is 1. The highest BCUT2D eigenvalue weighted by atomic mass is 32.2. The van der Waals surface area contributed by atoms with E-state index in [2.05, 4.69) is 5.32 Å². The molecule has 2 amide bonds. The first-order valence-electron chi connectivity index (χ1n) is 11.2. The first kappa shape index (κ1) is 23.6. The molecule has 34 heavy (non-hydrogen) atoms. The van der Waals surface area contributed by atoms with Crippen molar-refractivity contribution < 1.29 is 19.1 Å². The summed E-state index contributed by atoms with van der Waals surface area (Å²) in [6.45, 7) is 2.40. The summed E-state index contributed by atoms with van der Waals surface area (Å²) >= 11 is 1.61.